The Labute approximate surface area is 149 Å². The van der Waals surface area contributed by atoms with E-state index in [1.165, 1.54) is 6.07 Å². The molecule has 0 atom stereocenters. The Bertz CT molecular complexity index is 893. The van der Waals surface area contributed by atoms with Gasteiger partial charge in [-0.1, -0.05) is 60.7 Å². The zero-order valence-corrected chi connectivity index (χ0v) is 14.1. The van der Waals surface area contributed by atoms with Crippen LogP contribution in [0.4, 0.5) is 4.39 Å². The zero-order chi connectivity index (χ0) is 17.2. The maximum Gasteiger partial charge on any atom is 0.317 e. The predicted molar refractivity (Wildman–Crippen MR) is 96.9 cm³/mol. The van der Waals surface area contributed by atoms with Crippen molar-refractivity contribution in [3.63, 3.8) is 0 Å². The van der Waals surface area contributed by atoms with Crippen LogP contribution in [0.2, 0.25) is 0 Å². The Morgan fingerprint density at radius 2 is 1.44 bits per heavy atom. The second-order valence-electron chi connectivity index (χ2n) is 5.76. The fraction of sp³-hybridized carbons (Fsp3) is 0.0952. The smallest absolute Gasteiger partial charge is 0.317 e. The highest BCUT2D eigenvalue weighted by atomic mass is 32.2. The molecule has 0 heterocycles. The standard InChI is InChI=1S/C21H15FO2S/c22-18-11-5-6-12-19(18)25-13-20(23)24-21-16-9-3-1-7-14(16)15-8-2-4-10-17(15)21/h1-12,21H,13H2. The Hall–Kier alpha value is -2.59. The van der Waals surface area contributed by atoms with Gasteiger partial charge >= 0.3 is 5.97 Å². The SMILES string of the molecule is O=C(CSc1ccccc1F)OC1c2ccccc2-c2ccccc21. The van der Waals surface area contributed by atoms with Crippen LogP contribution in [0, 0.1) is 5.82 Å². The van der Waals surface area contributed by atoms with Crippen molar-refractivity contribution in [2.45, 2.75) is 11.0 Å². The van der Waals surface area contributed by atoms with Crippen molar-refractivity contribution in [3.05, 3.63) is 89.7 Å². The molecular formula is C21H15FO2S. The summed E-state index contributed by atoms with van der Waals surface area (Å²) in [7, 11) is 0. The number of hydrogen-bond acceptors (Lipinski definition) is 3. The van der Waals surface area contributed by atoms with Gasteiger partial charge in [-0.3, -0.25) is 4.79 Å². The molecule has 0 bridgehead atoms. The van der Waals surface area contributed by atoms with Gasteiger partial charge in [0.05, 0.1) is 5.75 Å². The molecule has 4 rings (SSSR count). The molecule has 3 aromatic rings. The summed E-state index contributed by atoms with van der Waals surface area (Å²) in [5.74, 6) is -0.608. The summed E-state index contributed by atoms with van der Waals surface area (Å²) in [6, 6.07) is 22.3. The van der Waals surface area contributed by atoms with Crippen LogP contribution in [0.5, 0.6) is 0 Å². The lowest BCUT2D eigenvalue weighted by atomic mass is 10.1. The molecule has 0 fully saturated rings. The van der Waals surface area contributed by atoms with Crippen LogP contribution in [-0.4, -0.2) is 11.7 Å². The van der Waals surface area contributed by atoms with Crippen molar-refractivity contribution < 1.29 is 13.9 Å². The van der Waals surface area contributed by atoms with Crippen molar-refractivity contribution in [3.8, 4) is 11.1 Å². The first-order valence-corrected chi connectivity index (χ1v) is 8.97. The fourth-order valence-electron chi connectivity index (χ4n) is 3.10. The average molecular weight is 350 g/mol. The lowest BCUT2D eigenvalue weighted by Crippen LogP contribution is -2.12. The largest absolute Gasteiger partial charge is 0.452 e. The molecule has 0 N–H and O–H groups in total. The van der Waals surface area contributed by atoms with Crippen LogP contribution in [-0.2, 0) is 9.53 Å². The molecule has 0 aliphatic heterocycles. The van der Waals surface area contributed by atoms with Gasteiger partial charge in [-0.15, -0.1) is 11.8 Å². The number of carbonyl (C=O) groups excluding carboxylic acids is 1. The molecule has 124 valence electrons. The van der Waals surface area contributed by atoms with Gasteiger partial charge in [-0.05, 0) is 23.3 Å². The minimum Gasteiger partial charge on any atom is -0.452 e. The Balaban J connectivity index is 1.53. The van der Waals surface area contributed by atoms with Crippen LogP contribution in [0.25, 0.3) is 11.1 Å². The molecule has 0 saturated carbocycles. The van der Waals surface area contributed by atoms with E-state index in [2.05, 4.69) is 0 Å². The van der Waals surface area contributed by atoms with Gasteiger partial charge in [-0.2, -0.15) is 0 Å². The lowest BCUT2D eigenvalue weighted by molar-refractivity contribution is -0.144. The summed E-state index contributed by atoms with van der Waals surface area (Å²) in [4.78, 5) is 12.8. The number of fused-ring (bicyclic) bond motifs is 3. The quantitative estimate of drug-likeness (QED) is 0.476. The number of halogens is 1. The number of carbonyl (C=O) groups is 1. The maximum atomic E-state index is 13.7. The molecule has 0 saturated heterocycles. The van der Waals surface area contributed by atoms with Gasteiger partial charge in [0.1, 0.15) is 5.82 Å². The van der Waals surface area contributed by atoms with Crippen molar-refractivity contribution in [2.75, 3.05) is 5.75 Å². The molecule has 4 heteroatoms. The van der Waals surface area contributed by atoms with E-state index in [1.54, 1.807) is 18.2 Å². The van der Waals surface area contributed by atoms with Gasteiger partial charge in [0.2, 0.25) is 0 Å². The number of ether oxygens (including phenoxy) is 1. The minimum absolute atomic E-state index is 0.0712. The molecule has 0 amide bonds. The molecule has 0 radical (unpaired) electrons. The summed E-state index contributed by atoms with van der Waals surface area (Å²) in [5, 5.41) is 0. The highest BCUT2D eigenvalue weighted by molar-refractivity contribution is 8.00. The summed E-state index contributed by atoms with van der Waals surface area (Å²) < 4.78 is 19.4. The maximum absolute atomic E-state index is 13.7. The van der Waals surface area contributed by atoms with Gasteiger partial charge in [0.15, 0.2) is 6.10 Å². The highest BCUT2D eigenvalue weighted by Crippen LogP contribution is 2.45. The lowest BCUT2D eigenvalue weighted by Gasteiger charge is -2.15. The Kier molecular flexibility index (Phi) is 4.28. The summed E-state index contributed by atoms with van der Waals surface area (Å²) >= 11 is 1.15. The van der Waals surface area contributed by atoms with Gasteiger partial charge in [0, 0.05) is 16.0 Å². The van der Waals surface area contributed by atoms with Crippen molar-refractivity contribution >= 4 is 17.7 Å². The van der Waals surface area contributed by atoms with E-state index in [0.717, 1.165) is 34.0 Å². The molecule has 25 heavy (non-hydrogen) atoms. The van der Waals surface area contributed by atoms with E-state index in [1.807, 2.05) is 48.5 Å². The van der Waals surface area contributed by atoms with E-state index in [-0.39, 0.29) is 17.5 Å². The normalized spacial score (nSPS) is 12.5. The fourth-order valence-corrected chi connectivity index (χ4v) is 3.82. The molecule has 0 unspecified atom stereocenters. The first-order chi connectivity index (χ1) is 12.2. The summed E-state index contributed by atoms with van der Waals surface area (Å²) in [6.07, 6.45) is -0.402. The minimum atomic E-state index is -0.402. The van der Waals surface area contributed by atoms with E-state index >= 15 is 0 Å². The van der Waals surface area contributed by atoms with Crippen LogP contribution >= 0.6 is 11.8 Å². The number of hydrogen-bond donors (Lipinski definition) is 0. The molecular weight excluding hydrogens is 335 g/mol. The third-order valence-electron chi connectivity index (χ3n) is 4.21. The molecule has 1 aliphatic rings. The van der Waals surface area contributed by atoms with Crippen molar-refractivity contribution in [2.24, 2.45) is 0 Å². The molecule has 2 nitrogen and oxygen atoms in total. The van der Waals surface area contributed by atoms with E-state index in [9.17, 15) is 9.18 Å². The van der Waals surface area contributed by atoms with Crippen LogP contribution in [0.1, 0.15) is 17.2 Å². The number of esters is 1. The predicted octanol–water partition coefficient (Wildman–Crippen LogP) is 5.23. The van der Waals surface area contributed by atoms with E-state index in [0.29, 0.717) is 4.90 Å². The van der Waals surface area contributed by atoms with Crippen molar-refractivity contribution in [1.29, 1.82) is 0 Å². The number of thioether (sulfide) groups is 1. The molecule has 0 aromatic heterocycles. The molecule has 0 spiro atoms. The number of rotatable bonds is 4. The third-order valence-corrected chi connectivity index (χ3v) is 5.23. The van der Waals surface area contributed by atoms with E-state index in [4.69, 9.17) is 4.74 Å². The Morgan fingerprint density at radius 1 is 0.880 bits per heavy atom. The summed E-state index contributed by atoms with van der Waals surface area (Å²) in [6.45, 7) is 0. The van der Waals surface area contributed by atoms with Crippen LogP contribution in [0.15, 0.2) is 77.7 Å². The van der Waals surface area contributed by atoms with Gasteiger partial charge < -0.3 is 4.74 Å². The van der Waals surface area contributed by atoms with Gasteiger partial charge in [0.25, 0.3) is 0 Å². The van der Waals surface area contributed by atoms with Crippen molar-refractivity contribution in [1.82, 2.24) is 0 Å². The van der Waals surface area contributed by atoms with E-state index < -0.39 is 6.10 Å². The van der Waals surface area contributed by atoms with Crippen LogP contribution < -0.4 is 0 Å². The zero-order valence-electron chi connectivity index (χ0n) is 13.3. The molecule has 1 aliphatic carbocycles. The number of benzene rings is 3. The first-order valence-electron chi connectivity index (χ1n) is 7.99. The second kappa shape index (κ2) is 6.73. The average Bonchev–Trinajstić information content (AvgIpc) is 2.96. The first kappa shape index (κ1) is 15.9. The second-order valence-corrected chi connectivity index (χ2v) is 6.78. The topological polar surface area (TPSA) is 26.3 Å². The molecule has 3 aromatic carbocycles. The monoisotopic (exact) mass is 350 g/mol. The highest BCUT2D eigenvalue weighted by Gasteiger charge is 2.30. The van der Waals surface area contributed by atoms with Gasteiger partial charge in [-0.25, -0.2) is 4.39 Å². The summed E-state index contributed by atoms with van der Waals surface area (Å²) in [5.41, 5.74) is 4.18. The Morgan fingerprint density at radius 3 is 2.08 bits per heavy atom. The van der Waals surface area contributed by atoms with Crippen LogP contribution in [0.3, 0.4) is 0 Å². The third kappa shape index (κ3) is 3.05.